The number of hydrogen-bond acceptors (Lipinski definition) is 5. The van der Waals surface area contributed by atoms with Gasteiger partial charge in [-0.2, -0.15) is 0 Å². The van der Waals surface area contributed by atoms with E-state index in [0.29, 0.717) is 19.1 Å². The van der Waals surface area contributed by atoms with Crippen LogP contribution in [0.15, 0.2) is 36.5 Å². The molecule has 6 nitrogen and oxygen atoms in total. The molecule has 3 rings (SSSR count). The normalized spacial score (nSPS) is 17.2. The van der Waals surface area contributed by atoms with E-state index in [0.717, 1.165) is 30.8 Å². The van der Waals surface area contributed by atoms with Crippen molar-refractivity contribution in [3.8, 4) is 0 Å². The molecule has 0 aliphatic carbocycles. The molecule has 26 heavy (non-hydrogen) atoms. The smallest absolute Gasteiger partial charge is 0.248 e. The Morgan fingerprint density at radius 2 is 2.12 bits per heavy atom. The maximum Gasteiger partial charge on any atom is 0.248 e. The van der Waals surface area contributed by atoms with Crippen molar-refractivity contribution in [1.29, 1.82) is 0 Å². The quantitative estimate of drug-likeness (QED) is 0.862. The van der Waals surface area contributed by atoms with Gasteiger partial charge in [-0.1, -0.05) is 17.7 Å². The number of aromatic nitrogens is 2. The lowest BCUT2D eigenvalue weighted by molar-refractivity contribution is -0.137. The van der Waals surface area contributed by atoms with Crippen LogP contribution in [0.25, 0.3) is 0 Å². The molecule has 1 unspecified atom stereocenters. The van der Waals surface area contributed by atoms with Crippen LogP contribution in [-0.4, -0.2) is 47.1 Å². The van der Waals surface area contributed by atoms with Crippen molar-refractivity contribution in [1.82, 2.24) is 14.9 Å². The Bertz CT molecular complexity index is 733. The van der Waals surface area contributed by atoms with Gasteiger partial charge in [0.25, 0.3) is 0 Å². The first-order valence-corrected chi connectivity index (χ1v) is 9.18. The molecular formula is C20H26N4O2. The minimum atomic E-state index is 0.0589. The van der Waals surface area contributed by atoms with Gasteiger partial charge in [0.1, 0.15) is 6.61 Å². The van der Waals surface area contributed by atoms with E-state index in [1.54, 1.807) is 6.20 Å². The maximum atomic E-state index is 12.2. The van der Waals surface area contributed by atoms with Crippen LogP contribution in [0.1, 0.15) is 36.9 Å². The van der Waals surface area contributed by atoms with Crippen LogP contribution in [0, 0.1) is 6.92 Å². The summed E-state index contributed by atoms with van der Waals surface area (Å²) in [4.78, 5) is 23.1. The van der Waals surface area contributed by atoms with E-state index in [1.165, 1.54) is 5.56 Å². The zero-order valence-corrected chi connectivity index (χ0v) is 15.4. The maximum absolute atomic E-state index is 12.2. The van der Waals surface area contributed by atoms with Crippen LogP contribution in [0.2, 0.25) is 0 Å². The standard InChI is InChI=1S/C20H26N4O2/c1-3-26-14-19(25)24-12-4-5-16(13-24)18-10-11-21-20(23-18)22-17-8-6-15(2)7-9-17/h6-11,16H,3-5,12-14H2,1-2H3,(H,21,22,23). The molecule has 2 aromatic rings. The Morgan fingerprint density at radius 1 is 1.31 bits per heavy atom. The number of anilines is 2. The van der Waals surface area contributed by atoms with E-state index in [4.69, 9.17) is 4.74 Å². The van der Waals surface area contributed by atoms with Gasteiger partial charge >= 0.3 is 0 Å². The van der Waals surface area contributed by atoms with E-state index >= 15 is 0 Å². The molecule has 1 amide bonds. The summed E-state index contributed by atoms with van der Waals surface area (Å²) in [5, 5.41) is 3.25. The molecule has 0 bridgehead atoms. The number of nitrogens with one attached hydrogen (secondary N) is 1. The van der Waals surface area contributed by atoms with Crippen LogP contribution in [0.4, 0.5) is 11.6 Å². The number of piperidine rings is 1. The zero-order valence-electron chi connectivity index (χ0n) is 15.4. The molecule has 1 fully saturated rings. The lowest BCUT2D eigenvalue weighted by Gasteiger charge is -2.32. The van der Waals surface area contributed by atoms with Crippen LogP contribution in [0.3, 0.4) is 0 Å². The zero-order chi connectivity index (χ0) is 18.4. The van der Waals surface area contributed by atoms with Crippen LogP contribution in [0.5, 0.6) is 0 Å². The first kappa shape index (κ1) is 18.3. The molecule has 138 valence electrons. The molecule has 1 aliphatic rings. The van der Waals surface area contributed by atoms with E-state index in [1.807, 2.05) is 30.0 Å². The number of ether oxygens (including phenoxy) is 1. The number of hydrogen-bond donors (Lipinski definition) is 1. The number of amides is 1. The Morgan fingerprint density at radius 3 is 2.88 bits per heavy atom. The van der Waals surface area contributed by atoms with Crippen molar-refractivity contribution in [3.05, 3.63) is 47.8 Å². The van der Waals surface area contributed by atoms with Gasteiger partial charge in [0.05, 0.1) is 5.69 Å². The molecule has 1 saturated heterocycles. The average Bonchev–Trinajstić information content (AvgIpc) is 2.68. The fourth-order valence-electron chi connectivity index (χ4n) is 3.15. The third kappa shape index (κ3) is 4.79. The Kier molecular flexibility index (Phi) is 6.17. The van der Waals surface area contributed by atoms with Crippen molar-refractivity contribution in [2.75, 3.05) is 31.6 Å². The van der Waals surface area contributed by atoms with Crippen molar-refractivity contribution in [2.45, 2.75) is 32.6 Å². The molecular weight excluding hydrogens is 328 g/mol. The van der Waals surface area contributed by atoms with Gasteiger partial charge in [-0.05, 0) is 44.9 Å². The number of carbonyl (C=O) groups is 1. The third-order valence-electron chi connectivity index (χ3n) is 4.61. The van der Waals surface area contributed by atoms with Gasteiger partial charge in [0, 0.05) is 37.5 Å². The molecule has 0 spiro atoms. The lowest BCUT2D eigenvalue weighted by Crippen LogP contribution is -2.41. The van der Waals surface area contributed by atoms with Crippen LogP contribution in [-0.2, 0) is 9.53 Å². The second-order valence-electron chi connectivity index (χ2n) is 6.61. The summed E-state index contributed by atoms with van der Waals surface area (Å²) in [7, 11) is 0. The van der Waals surface area contributed by atoms with E-state index in [9.17, 15) is 4.79 Å². The fourth-order valence-corrected chi connectivity index (χ4v) is 3.15. The van der Waals surface area contributed by atoms with Crippen LogP contribution >= 0.6 is 0 Å². The van der Waals surface area contributed by atoms with Gasteiger partial charge in [-0.25, -0.2) is 9.97 Å². The number of likely N-dealkylation sites (tertiary alicyclic amines) is 1. The molecule has 6 heteroatoms. The lowest BCUT2D eigenvalue weighted by atomic mass is 9.94. The van der Waals surface area contributed by atoms with Gasteiger partial charge in [-0.3, -0.25) is 4.79 Å². The fraction of sp³-hybridized carbons (Fsp3) is 0.450. The predicted molar refractivity (Wildman–Crippen MR) is 102 cm³/mol. The highest BCUT2D eigenvalue weighted by atomic mass is 16.5. The molecule has 0 saturated carbocycles. The van der Waals surface area contributed by atoms with E-state index in [-0.39, 0.29) is 18.4 Å². The number of benzene rings is 1. The number of aryl methyl sites for hydroxylation is 1. The highest BCUT2D eigenvalue weighted by Gasteiger charge is 2.25. The summed E-state index contributed by atoms with van der Waals surface area (Å²) in [5.74, 6) is 0.878. The number of nitrogens with zero attached hydrogens (tertiary/aromatic N) is 3. The third-order valence-corrected chi connectivity index (χ3v) is 4.61. The Labute approximate surface area is 154 Å². The number of rotatable bonds is 6. The van der Waals surface area contributed by atoms with Crippen molar-refractivity contribution in [2.24, 2.45) is 0 Å². The Balaban J connectivity index is 1.67. The highest BCUT2D eigenvalue weighted by Crippen LogP contribution is 2.26. The SMILES string of the molecule is CCOCC(=O)N1CCCC(c2ccnc(Nc3ccc(C)cc3)n2)C1. The van der Waals surface area contributed by atoms with E-state index < -0.39 is 0 Å². The minimum Gasteiger partial charge on any atom is -0.372 e. The molecule has 0 radical (unpaired) electrons. The monoisotopic (exact) mass is 354 g/mol. The van der Waals surface area contributed by atoms with Gasteiger partial charge < -0.3 is 15.0 Å². The highest BCUT2D eigenvalue weighted by molar-refractivity contribution is 5.77. The topological polar surface area (TPSA) is 67.3 Å². The molecule has 1 aromatic carbocycles. The minimum absolute atomic E-state index is 0.0589. The molecule has 1 atom stereocenters. The van der Waals surface area contributed by atoms with Crippen molar-refractivity contribution in [3.63, 3.8) is 0 Å². The van der Waals surface area contributed by atoms with Crippen molar-refractivity contribution < 1.29 is 9.53 Å². The second-order valence-corrected chi connectivity index (χ2v) is 6.61. The van der Waals surface area contributed by atoms with Crippen molar-refractivity contribution >= 4 is 17.5 Å². The first-order chi connectivity index (χ1) is 12.7. The molecule has 1 aromatic heterocycles. The summed E-state index contributed by atoms with van der Waals surface area (Å²) in [6.07, 6.45) is 3.78. The molecule has 1 aliphatic heterocycles. The van der Waals surface area contributed by atoms with Crippen LogP contribution < -0.4 is 5.32 Å². The van der Waals surface area contributed by atoms with Gasteiger partial charge in [0.15, 0.2) is 0 Å². The van der Waals surface area contributed by atoms with E-state index in [2.05, 4.69) is 34.3 Å². The van der Waals surface area contributed by atoms with Gasteiger partial charge in [-0.15, -0.1) is 0 Å². The first-order valence-electron chi connectivity index (χ1n) is 9.18. The van der Waals surface area contributed by atoms with Gasteiger partial charge in [0.2, 0.25) is 11.9 Å². The second kappa shape index (κ2) is 8.76. The summed E-state index contributed by atoms with van der Waals surface area (Å²) < 4.78 is 5.26. The summed E-state index contributed by atoms with van der Waals surface area (Å²) in [6, 6.07) is 10.1. The summed E-state index contributed by atoms with van der Waals surface area (Å²) >= 11 is 0. The summed E-state index contributed by atoms with van der Waals surface area (Å²) in [6.45, 7) is 6.16. The largest absolute Gasteiger partial charge is 0.372 e. The Hall–Kier alpha value is -2.47. The summed E-state index contributed by atoms with van der Waals surface area (Å²) in [5.41, 5.74) is 3.15. The molecule has 2 heterocycles. The molecule has 1 N–H and O–H groups in total. The average molecular weight is 354 g/mol. The number of carbonyl (C=O) groups excluding carboxylic acids is 1. The predicted octanol–water partition coefficient (Wildman–Crippen LogP) is 3.27.